The molecule has 0 fully saturated rings. The van der Waals surface area contributed by atoms with Gasteiger partial charge in [-0.05, 0) is 55.2 Å². The Morgan fingerprint density at radius 1 is 0.821 bits per heavy atom. The quantitative estimate of drug-likeness (QED) is 0.240. The molecular formula is C32H33N3O4. The Labute approximate surface area is 228 Å². The van der Waals surface area contributed by atoms with Crippen LogP contribution in [0.2, 0.25) is 0 Å². The summed E-state index contributed by atoms with van der Waals surface area (Å²) in [7, 11) is 1.65. The van der Waals surface area contributed by atoms with Gasteiger partial charge in [0.1, 0.15) is 17.4 Å². The maximum atomic E-state index is 11.9. The number of aromatic nitrogens is 3. The molecule has 0 spiro atoms. The van der Waals surface area contributed by atoms with Gasteiger partial charge in [-0.25, -0.2) is 9.97 Å². The van der Waals surface area contributed by atoms with Crippen LogP contribution in [-0.2, 0) is 6.54 Å². The highest BCUT2D eigenvalue weighted by atomic mass is 16.5. The number of imidazole rings is 1. The summed E-state index contributed by atoms with van der Waals surface area (Å²) in [5, 5.41) is 32.1. The lowest BCUT2D eigenvalue weighted by Gasteiger charge is -2.25. The Morgan fingerprint density at radius 2 is 1.44 bits per heavy atom. The summed E-state index contributed by atoms with van der Waals surface area (Å²) in [6.07, 6.45) is -1.20. The van der Waals surface area contributed by atoms with E-state index in [1.165, 1.54) is 0 Å². The highest BCUT2D eigenvalue weighted by molar-refractivity contribution is 5.79. The second-order valence-corrected chi connectivity index (χ2v) is 10.1. The molecule has 7 heteroatoms. The molecule has 0 aliphatic carbocycles. The normalized spacial score (nSPS) is 12.4. The zero-order valence-corrected chi connectivity index (χ0v) is 22.5. The van der Waals surface area contributed by atoms with Crippen LogP contribution >= 0.6 is 0 Å². The van der Waals surface area contributed by atoms with Crippen molar-refractivity contribution in [3.05, 3.63) is 124 Å². The first kappa shape index (κ1) is 26.6. The van der Waals surface area contributed by atoms with Gasteiger partial charge in [0.15, 0.2) is 6.29 Å². The molecule has 0 amide bonds. The lowest BCUT2D eigenvalue weighted by atomic mass is 9.84. The van der Waals surface area contributed by atoms with Crippen molar-refractivity contribution in [1.82, 2.24) is 14.5 Å². The molecule has 39 heavy (non-hydrogen) atoms. The molecule has 3 aromatic carbocycles. The molecule has 0 aliphatic rings. The number of ether oxygens (including phenoxy) is 1. The lowest BCUT2D eigenvalue weighted by Crippen LogP contribution is -2.16. The van der Waals surface area contributed by atoms with Gasteiger partial charge in [0.2, 0.25) is 0 Å². The highest BCUT2D eigenvalue weighted by Crippen LogP contribution is 2.39. The van der Waals surface area contributed by atoms with E-state index in [1.807, 2.05) is 92.1 Å². The Kier molecular flexibility index (Phi) is 7.48. The van der Waals surface area contributed by atoms with Crippen molar-refractivity contribution in [3.8, 4) is 5.75 Å². The lowest BCUT2D eigenvalue weighted by molar-refractivity contribution is -0.0460. The summed E-state index contributed by atoms with van der Waals surface area (Å²) in [4.78, 5) is 9.17. The van der Waals surface area contributed by atoms with Crippen molar-refractivity contribution in [2.75, 3.05) is 7.11 Å². The molecule has 0 saturated heterocycles. The van der Waals surface area contributed by atoms with Crippen LogP contribution in [0.25, 0.3) is 11.0 Å². The number of rotatable bonds is 8. The number of aryl methyl sites for hydroxylation is 3. The van der Waals surface area contributed by atoms with Crippen LogP contribution in [0.3, 0.4) is 0 Å². The number of methoxy groups -OCH3 is 1. The van der Waals surface area contributed by atoms with Crippen LogP contribution in [0.5, 0.6) is 5.75 Å². The third-order valence-electron chi connectivity index (χ3n) is 7.20. The van der Waals surface area contributed by atoms with E-state index in [9.17, 15) is 15.3 Å². The third-order valence-corrected chi connectivity index (χ3v) is 7.20. The van der Waals surface area contributed by atoms with Crippen LogP contribution in [0.15, 0.2) is 79.1 Å². The van der Waals surface area contributed by atoms with E-state index in [0.717, 1.165) is 39.1 Å². The first-order valence-electron chi connectivity index (χ1n) is 12.9. The van der Waals surface area contributed by atoms with Crippen molar-refractivity contribution in [1.29, 1.82) is 0 Å². The van der Waals surface area contributed by atoms with E-state index in [2.05, 4.69) is 9.97 Å². The van der Waals surface area contributed by atoms with Gasteiger partial charge in [-0.2, -0.15) is 0 Å². The molecule has 200 valence electrons. The Hall–Kier alpha value is -4.04. The molecule has 0 saturated carbocycles. The van der Waals surface area contributed by atoms with Gasteiger partial charge in [-0.3, -0.25) is 0 Å². The summed E-state index contributed by atoms with van der Waals surface area (Å²) in [6.45, 7) is 6.54. The molecule has 2 aromatic heterocycles. The van der Waals surface area contributed by atoms with Gasteiger partial charge in [0.05, 0.1) is 30.3 Å². The number of nitrogens with zero attached hydrogens (tertiary/aromatic N) is 3. The van der Waals surface area contributed by atoms with Gasteiger partial charge >= 0.3 is 0 Å². The summed E-state index contributed by atoms with van der Waals surface area (Å²) in [6, 6.07) is 23.7. The van der Waals surface area contributed by atoms with E-state index >= 15 is 0 Å². The minimum atomic E-state index is -1.80. The largest absolute Gasteiger partial charge is 0.496 e. The number of pyridine rings is 1. The number of benzene rings is 3. The monoisotopic (exact) mass is 523 g/mol. The number of fused-ring (bicyclic) bond motifs is 1. The standard InChI is InChI=1S/C32H33N3O4/c1-19-5-10-23(11-6-19)28(24-12-7-20(2)8-13-24)31(36)30-29-26(16-25(34-30)32(37)38)35(18-33-29)17-22-9-14-27(39-4)21(3)15-22/h5-16,18,28,31-32,36-38H,17H2,1-4H3. The molecule has 2 heterocycles. The minimum Gasteiger partial charge on any atom is -0.496 e. The maximum absolute atomic E-state index is 11.9. The predicted molar refractivity (Wildman–Crippen MR) is 151 cm³/mol. The maximum Gasteiger partial charge on any atom is 0.196 e. The van der Waals surface area contributed by atoms with E-state index in [0.29, 0.717) is 23.3 Å². The molecule has 0 radical (unpaired) electrons. The van der Waals surface area contributed by atoms with Gasteiger partial charge in [-0.1, -0.05) is 71.8 Å². The minimum absolute atomic E-state index is 0.0516. The second-order valence-electron chi connectivity index (χ2n) is 10.1. The average molecular weight is 524 g/mol. The van der Waals surface area contributed by atoms with Crippen LogP contribution in [0, 0.1) is 20.8 Å². The zero-order valence-electron chi connectivity index (χ0n) is 22.5. The van der Waals surface area contributed by atoms with Gasteiger partial charge in [0, 0.05) is 12.5 Å². The number of hydrogen-bond donors (Lipinski definition) is 3. The highest BCUT2D eigenvalue weighted by Gasteiger charge is 2.29. The molecule has 0 aliphatic heterocycles. The topological polar surface area (TPSA) is 101 Å². The van der Waals surface area contributed by atoms with Crippen molar-refractivity contribution in [2.24, 2.45) is 0 Å². The number of aliphatic hydroxyl groups excluding tert-OH is 2. The Bertz CT molecular complexity index is 1550. The summed E-state index contributed by atoms with van der Waals surface area (Å²) >= 11 is 0. The van der Waals surface area contributed by atoms with Crippen molar-refractivity contribution in [3.63, 3.8) is 0 Å². The van der Waals surface area contributed by atoms with E-state index in [1.54, 1.807) is 19.5 Å². The van der Waals surface area contributed by atoms with Crippen molar-refractivity contribution in [2.45, 2.75) is 45.6 Å². The number of aliphatic hydroxyl groups is 3. The fourth-order valence-electron chi connectivity index (χ4n) is 5.07. The first-order valence-corrected chi connectivity index (χ1v) is 12.9. The van der Waals surface area contributed by atoms with Gasteiger partial charge in [-0.15, -0.1) is 0 Å². The van der Waals surface area contributed by atoms with Crippen molar-refractivity contribution < 1.29 is 20.1 Å². The summed E-state index contributed by atoms with van der Waals surface area (Å²) in [5.41, 5.74) is 7.66. The third kappa shape index (κ3) is 5.43. The van der Waals surface area contributed by atoms with Gasteiger partial charge < -0.3 is 24.6 Å². The molecule has 0 bridgehead atoms. The molecule has 1 unspecified atom stereocenters. The fraction of sp³-hybridized carbons (Fsp3) is 0.250. The number of hydrogen-bond acceptors (Lipinski definition) is 6. The second kappa shape index (κ2) is 11.0. The van der Waals surface area contributed by atoms with Gasteiger partial charge in [0.25, 0.3) is 0 Å². The summed E-state index contributed by atoms with van der Waals surface area (Å²) < 4.78 is 7.31. The van der Waals surface area contributed by atoms with Crippen LogP contribution in [0.1, 0.15) is 63.1 Å². The van der Waals surface area contributed by atoms with Crippen LogP contribution in [0.4, 0.5) is 0 Å². The molecule has 1 atom stereocenters. The van der Waals surface area contributed by atoms with Crippen LogP contribution < -0.4 is 4.74 Å². The smallest absolute Gasteiger partial charge is 0.196 e. The predicted octanol–water partition coefficient (Wildman–Crippen LogP) is 5.26. The first-order chi connectivity index (χ1) is 18.7. The Morgan fingerprint density at radius 3 is 1.97 bits per heavy atom. The SMILES string of the molecule is COc1ccc(Cn2cnc3c(C(O)C(c4ccc(C)cc4)c4ccc(C)cc4)nc(C(O)O)cc32)cc1C. The average Bonchev–Trinajstić information content (AvgIpc) is 3.33. The zero-order chi connectivity index (χ0) is 27.7. The fourth-order valence-corrected chi connectivity index (χ4v) is 5.07. The molecule has 3 N–H and O–H groups in total. The Balaban J connectivity index is 1.63. The van der Waals surface area contributed by atoms with E-state index < -0.39 is 18.3 Å². The summed E-state index contributed by atoms with van der Waals surface area (Å²) in [5.74, 6) is 0.371. The molecular weight excluding hydrogens is 490 g/mol. The molecule has 7 nitrogen and oxygen atoms in total. The van der Waals surface area contributed by atoms with Crippen LogP contribution in [-0.4, -0.2) is 37.0 Å². The van der Waals surface area contributed by atoms with Crippen molar-refractivity contribution >= 4 is 11.0 Å². The van der Waals surface area contributed by atoms with E-state index in [-0.39, 0.29) is 5.69 Å². The molecule has 5 rings (SSSR count). The molecule has 5 aromatic rings. The van der Waals surface area contributed by atoms with E-state index in [4.69, 9.17) is 4.74 Å².